The summed E-state index contributed by atoms with van der Waals surface area (Å²) in [5.74, 6) is 1.62. The fourth-order valence-corrected chi connectivity index (χ4v) is 3.32. The summed E-state index contributed by atoms with van der Waals surface area (Å²) < 4.78 is 0. The van der Waals surface area contributed by atoms with Crippen molar-refractivity contribution in [3.63, 3.8) is 0 Å². The number of H-pyrrole nitrogens is 1. The summed E-state index contributed by atoms with van der Waals surface area (Å²) in [5, 5.41) is 3.59. The lowest BCUT2D eigenvalue weighted by Crippen LogP contribution is -2.38. The Morgan fingerprint density at radius 1 is 1.17 bits per heavy atom. The number of aromatic nitrogens is 4. The topological polar surface area (TPSA) is 69.7 Å². The average molecular weight is 322 g/mol. The van der Waals surface area contributed by atoms with Crippen molar-refractivity contribution in [3.05, 3.63) is 48.0 Å². The number of imidazole rings is 1. The first-order chi connectivity index (χ1) is 11.8. The van der Waals surface area contributed by atoms with Crippen molar-refractivity contribution in [1.82, 2.24) is 24.8 Å². The molecule has 3 aromatic rings. The molecule has 6 heteroatoms. The summed E-state index contributed by atoms with van der Waals surface area (Å²) in [5.41, 5.74) is 3.01. The maximum absolute atomic E-state index is 4.55. The zero-order valence-corrected chi connectivity index (χ0v) is 13.9. The number of piperidine rings is 1. The van der Waals surface area contributed by atoms with Gasteiger partial charge in [-0.2, -0.15) is 0 Å². The molecular formula is C18H22N6. The molecule has 2 aromatic heterocycles. The normalized spacial score (nSPS) is 16.5. The zero-order valence-electron chi connectivity index (χ0n) is 13.9. The Labute approximate surface area is 141 Å². The summed E-state index contributed by atoms with van der Waals surface area (Å²) in [6.07, 6.45) is 3.91. The molecule has 124 valence electrons. The van der Waals surface area contributed by atoms with Gasteiger partial charge in [0.25, 0.3) is 0 Å². The van der Waals surface area contributed by atoms with E-state index < -0.39 is 0 Å². The highest BCUT2D eigenvalue weighted by atomic mass is 15.2. The van der Waals surface area contributed by atoms with Gasteiger partial charge in [-0.05, 0) is 25.3 Å². The molecule has 0 bridgehead atoms. The molecule has 1 fully saturated rings. The van der Waals surface area contributed by atoms with Gasteiger partial charge in [0.2, 0.25) is 0 Å². The first kappa shape index (κ1) is 15.1. The number of hydrogen-bond acceptors (Lipinski definition) is 5. The van der Waals surface area contributed by atoms with Crippen molar-refractivity contribution in [3.8, 4) is 0 Å². The van der Waals surface area contributed by atoms with E-state index in [0.717, 1.165) is 55.3 Å². The molecule has 0 spiro atoms. The Morgan fingerprint density at radius 2 is 1.96 bits per heavy atom. The molecule has 0 saturated carbocycles. The summed E-state index contributed by atoms with van der Waals surface area (Å²) in [7, 11) is 0. The van der Waals surface area contributed by atoms with Crippen molar-refractivity contribution in [1.29, 1.82) is 0 Å². The van der Waals surface area contributed by atoms with Crippen LogP contribution in [0.5, 0.6) is 0 Å². The monoisotopic (exact) mass is 322 g/mol. The molecule has 24 heavy (non-hydrogen) atoms. The van der Waals surface area contributed by atoms with Crippen molar-refractivity contribution in [2.75, 3.05) is 18.4 Å². The lowest BCUT2D eigenvalue weighted by atomic mass is 10.0. The molecular weight excluding hydrogens is 300 g/mol. The van der Waals surface area contributed by atoms with Crippen LogP contribution >= 0.6 is 0 Å². The molecule has 2 N–H and O–H groups in total. The maximum Gasteiger partial charge on any atom is 0.183 e. The number of nitrogens with one attached hydrogen (secondary N) is 2. The number of likely N-dealkylation sites (tertiary alicyclic amines) is 1. The highest BCUT2D eigenvalue weighted by molar-refractivity contribution is 5.82. The predicted molar refractivity (Wildman–Crippen MR) is 94.8 cm³/mol. The number of rotatable bonds is 4. The first-order valence-electron chi connectivity index (χ1n) is 8.48. The summed E-state index contributed by atoms with van der Waals surface area (Å²) in [6, 6.07) is 11.1. The van der Waals surface area contributed by atoms with E-state index >= 15 is 0 Å². The quantitative estimate of drug-likeness (QED) is 0.773. The van der Waals surface area contributed by atoms with Crippen LogP contribution in [-0.4, -0.2) is 44.0 Å². The van der Waals surface area contributed by atoms with Gasteiger partial charge in [-0.1, -0.05) is 30.3 Å². The van der Waals surface area contributed by atoms with Crippen LogP contribution in [0.2, 0.25) is 0 Å². The van der Waals surface area contributed by atoms with Gasteiger partial charge in [0.1, 0.15) is 11.3 Å². The zero-order chi connectivity index (χ0) is 16.4. The van der Waals surface area contributed by atoms with E-state index in [9.17, 15) is 0 Å². The van der Waals surface area contributed by atoms with Gasteiger partial charge in [0, 0.05) is 25.7 Å². The van der Waals surface area contributed by atoms with E-state index in [1.807, 2.05) is 6.92 Å². The largest absolute Gasteiger partial charge is 0.365 e. The minimum atomic E-state index is 0.442. The minimum absolute atomic E-state index is 0.442. The van der Waals surface area contributed by atoms with E-state index in [0.29, 0.717) is 6.04 Å². The molecule has 4 rings (SSSR count). The summed E-state index contributed by atoms with van der Waals surface area (Å²) in [6.45, 7) is 5.14. The van der Waals surface area contributed by atoms with Gasteiger partial charge < -0.3 is 10.3 Å². The van der Waals surface area contributed by atoms with Crippen LogP contribution in [0.25, 0.3) is 11.2 Å². The fraction of sp³-hybridized carbons (Fsp3) is 0.389. The van der Waals surface area contributed by atoms with Gasteiger partial charge in [0.05, 0.1) is 6.33 Å². The molecule has 1 aliphatic rings. The number of hydrogen-bond donors (Lipinski definition) is 2. The van der Waals surface area contributed by atoms with Crippen LogP contribution in [0.4, 0.5) is 5.82 Å². The molecule has 0 unspecified atom stereocenters. The SMILES string of the molecule is Cc1nc(NC2CCN(Cc3ccccc3)CC2)c2[nH]cnc2n1. The van der Waals surface area contributed by atoms with Crippen LogP contribution < -0.4 is 5.32 Å². The van der Waals surface area contributed by atoms with Gasteiger partial charge in [-0.25, -0.2) is 15.0 Å². The van der Waals surface area contributed by atoms with E-state index in [1.54, 1.807) is 6.33 Å². The molecule has 0 atom stereocenters. The van der Waals surface area contributed by atoms with Crippen molar-refractivity contribution >= 4 is 17.0 Å². The predicted octanol–water partition coefficient (Wildman–Crippen LogP) is 2.74. The number of fused-ring (bicyclic) bond motifs is 1. The molecule has 1 saturated heterocycles. The van der Waals surface area contributed by atoms with Crippen molar-refractivity contribution in [2.45, 2.75) is 32.4 Å². The number of aryl methyl sites for hydroxylation is 1. The molecule has 0 radical (unpaired) electrons. The Hall–Kier alpha value is -2.47. The fourth-order valence-electron chi connectivity index (χ4n) is 3.32. The molecule has 1 aliphatic heterocycles. The Kier molecular flexibility index (Phi) is 4.13. The van der Waals surface area contributed by atoms with Crippen LogP contribution in [-0.2, 0) is 6.54 Å². The van der Waals surface area contributed by atoms with E-state index in [-0.39, 0.29) is 0 Å². The number of benzene rings is 1. The minimum Gasteiger partial charge on any atom is -0.365 e. The van der Waals surface area contributed by atoms with Gasteiger partial charge in [-0.15, -0.1) is 0 Å². The molecule has 6 nitrogen and oxygen atoms in total. The number of aromatic amines is 1. The average Bonchev–Trinajstić information content (AvgIpc) is 3.06. The summed E-state index contributed by atoms with van der Waals surface area (Å²) in [4.78, 5) is 18.8. The second-order valence-electron chi connectivity index (χ2n) is 6.40. The summed E-state index contributed by atoms with van der Waals surface area (Å²) >= 11 is 0. The van der Waals surface area contributed by atoms with Crippen LogP contribution in [0.1, 0.15) is 24.2 Å². The van der Waals surface area contributed by atoms with Crippen molar-refractivity contribution < 1.29 is 0 Å². The van der Waals surface area contributed by atoms with E-state index in [4.69, 9.17) is 0 Å². The van der Waals surface area contributed by atoms with Gasteiger partial charge in [-0.3, -0.25) is 4.90 Å². The molecule has 3 heterocycles. The van der Waals surface area contributed by atoms with Crippen LogP contribution in [0.15, 0.2) is 36.7 Å². The van der Waals surface area contributed by atoms with Crippen LogP contribution in [0, 0.1) is 6.92 Å². The van der Waals surface area contributed by atoms with E-state index in [1.165, 1.54) is 5.56 Å². The third-order valence-corrected chi connectivity index (χ3v) is 4.57. The highest BCUT2D eigenvalue weighted by Crippen LogP contribution is 2.21. The first-order valence-corrected chi connectivity index (χ1v) is 8.48. The Bertz CT molecular complexity index is 805. The number of nitrogens with zero attached hydrogens (tertiary/aromatic N) is 4. The molecule has 0 amide bonds. The van der Waals surface area contributed by atoms with Gasteiger partial charge in [0.15, 0.2) is 11.5 Å². The number of anilines is 1. The lowest BCUT2D eigenvalue weighted by Gasteiger charge is -2.32. The third kappa shape index (κ3) is 3.23. The lowest BCUT2D eigenvalue weighted by molar-refractivity contribution is 0.211. The second-order valence-corrected chi connectivity index (χ2v) is 6.40. The Balaban J connectivity index is 1.38. The molecule has 0 aliphatic carbocycles. The van der Waals surface area contributed by atoms with E-state index in [2.05, 4.69) is 60.5 Å². The third-order valence-electron chi connectivity index (χ3n) is 4.57. The van der Waals surface area contributed by atoms with Crippen LogP contribution in [0.3, 0.4) is 0 Å². The molecule has 1 aromatic carbocycles. The smallest absolute Gasteiger partial charge is 0.183 e. The standard InChI is InChI=1S/C18H22N6/c1-13-21-17-16(19-12-20-17)18(22-13)23-15-7-9-24(10-8-15)11-14-5-3-2-4-6-14/h2-6,12,15H,7-11H2,1H3,(H2,19,20,21,22,23). The maximum atomic E-state index is 4.55. The van der Waals surface area contributed by atoms with Crippen molar-refractivity contribution in [2.24, 2.45) is 0 Å². The van der Waals surface area contributed by atoms with Gasteiger partial charge >= 0.3 is 0 Å². The highest BCUT2D eigenvalue weighted by Gasteiger charge is 2.20. The Morgan fingerprint density at radius 3 is 2.75 bits per heavy atom. The second kappa shape index (κ2) is 6.57.